The molecule has 0 bridgehead atoms. The van der Waals surface area contributed by atoms with Gasteiger partial charge in [0.2, 0.25) is 15.9 Å². The van der Waals surface area contributed by atoms with Gasteiger partial charge in [-0.15, -0.1) is 0 Å². The molecule has 0 heterocycles. The lowest BCUT2D eigenvalue weighted by Gasteiger charge is -2.24. The van der Waals surface area contributed by atoms with E-state index in [4.69, 9.17) is 16.3 Å². The number of alkyl halides is 3. The molecule has 2 aromatic rings. The molecule has 0 fully saturated rings. The third-order valence-corrected chi connectivity index (χ3v) is 5.22. The molecule has 0 aliphatic rings. The number of nitrogens with one attached hydrogen (secondary N) is 3. The maximum atomic E-state index is 12.9. The van der Waals surface area contributed by atoms with Gasteiger partial charge < -0.3 is 15.4 Å². The highest BCUT2D eigenvalue weighted by molar-refractivity contribution is 7.92. The van der Waals surface area contributed by atoms with E-state index in [1.807, 2.05) is 0 Å². The summed E-state index contributed by atoms with van der Waals surface area (Å²) >= 11 is 5.99. The number of rotatable bonds is 8. The lowest BCUT2D eigenvalue weighted by Crippen LogP contribution is -2.39. The largest absolute Gasteiger partial charge is 0.494 e. The number of sulfonamides is 1. The predicted octanol–water partition coefficient (Wildman–Crippen LogP) is 4.81. The first-order valence-corrected chi connectivity index (χ1v) is 11.6. The Morgan fingerprint density at radius 2 is 1.72 bits per heavy atom. The zero-order valence-electron chi connectivity index (χ0n) is 17.7. The van der Waals surface area contributed by atoms with E-state index < -0.39 is 33.7 Å². The van der Waals surface area contributed by atoms with Crippen molar-refractivity contribution in [2.24, 2.45) is 5.92 Å². The van der Waals surface area contributed by atoms with Crippen LogP contribution in [0.5, 0.6) is 5.75 Å². The highest BCUT2D eigenvalue weighted by Crippen LogP contribution is 2.34. The van der Waals surface area contributed by atoms with Crippen molar-refractivity contribution in [2.75, 3.05) is 28.7 Å². The zero-order chi connectivity index (χ0) is 24.3. The number of amides is 1. The fourth-order valence-corrected chi connectivity index (χ4v) is 3.59. The Labute approximate surface area is 189 Å². The first-order chi connectivity index (χ1) is 14.7. The van der Waals surface area contributed by atoms with Gasteiger partial charge in [-0.25, -0.2) is 8.42 Å². The number of hydrogen-bond acceptors (Lipinski definition) is 5. The van der Waals surface area contributed by atoms with Crippen molar-refractivity contribution in [3.8, 4) is 5.75 Å². The van der Waals surface area contributed by atoms with Crippen LogP contribution in [-0.4, -0.2) is 33.7 Å². The molecule has 1 atom stereocenters. The smallest absolute Gasteiger partial charge is 0.416 e. The standard InChI is InChI=1S/C20H23ClF3N3O4S/c1-11(2)18(26-15-7-5-12(9-14(15)21)20(22,23)24)19(28)25-13-6-8-16(17(10-13)31-3)27-32(4,29)30/h5-11,18,26-27H,1-4H3,(H,25,28)/t18-/m0/s1. The Balaban J connectivity index is 2.22. The summed E-state index contributed by atoms with van der Waals surface area (Å²) in [5, 5.41) is 5.39. The fraction of sp³-hybridized carbons (Fsp3) is 0.350. The topological polar surface area (TPSA) is 96.5 Å². The molecule has 176 valence electrons. The number of benzene rings is 2. The van der Waals surface area contributed by atoms with E-state index in [-0.39, 0.29) is 28.1 Å². The van der Waals surface area contributed by atoms with Crippen molar-refractivity contribution in [1.29, 1.82) is 0 Å². The molecule has 0 saturated carbocycles. The number of ether oxygens (including phenoxy) is 1. The van der Waals surface area contributed by atoms with Crippen LogP contribution < -0.4 is 20.1 Å². The second-order valence-corrected chi connectivity index (χ2v) is 9.49. The molecule has 1 amide bonds. The van der Waals surface area contributed by atoms with Crippen molar-refractivity contribution < 1.29 is 31.1 Å². The van der Waals surface area contributed by atoms with Crippen LogP contribution in [-0.2, 0) is 21.0 Å². The molecule has 0 unspecified atom stereocenters. The number of methoxy groups -OCH3 is 1. The molecule has 3 N–H and O–H groups in total. The summed E-state index contributed by atoms with van der Waals surface area (Å²) in [6.07, 6.45) is -3.54. The van der Waals surface area contributed by atoms with Crippen LogP contribution in [0, 0.1) is 5.92 Å². The van der Waals surface area contributed by atoms with Crippen LogP contribution in [0.1, 0.15) is 19.4 Å². The number of carbonyl (C=O) groups excluding carboxylic acids is 1. The maximum Gasteiger partial charge on any atom is 0.416 e. The van der Waals surface area contributed by atoms with E-state index in [0.29, 0.717) is 5.69 Å². The van der Waals surface area contributed by atoms with E-state index in [9.17, 15) is 26.4 Å². The maximum absolute atomic E-state index is 12.9. The van der Waals surface area contributed by atoms with E-state index >= 15 is 0 Å². The fourth-order valence-electron chi connectivity index (χ4n) is 2.78. The van der Waals surface area contributed by atoms with Crippen molar-refractivity contribution >= 4 is 44.6 Å². The van der Waals surface area contributed by atoms with E-state index in [0.717, 1.165) is 18.4 Å². The third-order valence-electron chi connectivity index (χ3n) is 4.32. The summed E-state index contributed by atoms with van der Waals surface area (Å²) < 4.78 is 68.9. The molecule has 0 spiro atoms. The van der Waals surface area contributed by atoms with Crippen LogP contribution in [0.25, 0.3) is 0 Å². The Morgan fingerprint density at radius 1 is 1.09 bits per heavy atom. The minimum atomic E-state index is -4.53. The van der Waals surface area contributed by atoms with Gasteiger partial charge >= 0.3 is 6.18 Å². The van der Waals surface area contributed by atoms with Gasteiger partial charge in [-0.2, -0.15) is 13.2 Å². The second-order valence-electron chi connectivity index (χ2n) is 7.34. The van der Waals surface area contributed by atoms with Gasteiger partial charge in [0.1, 0.15) is 11.8 Å². The third kappa shape index (κ3) is 6.92. The van der Waals surface area contributed by atoms with Gasteiger partial charge in [0.15, 0.2) is 0 Å². The molecule has 2 rings (SSSR count). The molecule has 7 nitrogen and oxygen atoms in total. The Hall–Kier alpha value is -2.66. The first kappa shape index (κ1) is 25.6. The average molecular weight is 494 g/mol. The van der Waals surface area contributed by atoms with Crippen LogP contribution >= 0.6 is 11.6 Å². The predicted molar refractivity (Wildman–Crippen MR) is 119 cm³/mol. The molecule has 0 radical (unpaired) electrons. The summed E-state index contributed by atoms with van der Waals surface area (Å²) in [5.74, 6) is -0.531. The summed E-state index contributed by atoms with van der Waals surface area (Å²) in [5.41, 5.74) is -0.188. The van der Waals surface area contributed by atoms with Crippen LogP contribution in [0.4, 0.5) is 30.2 Å². The lowest BCUT2D eigenvalue weighted by atomic mass is 10.0. The molecule has 0 aromatic heterocycles. The van der Waals surface area contributed by atoms with Gasteiger partial charge in [-0.05, 0) is 36.2 Å². The van der Waals surface area contributed by atoms with Crippen molar-refractivity contribution in [1.82, 2.24) is 0 Å². The number of halogens is 4. The van der Waals surface area contributed by atoms with Crippen LogP contribution in [0.15, 0.2) is 36.4 Å². The van der Waals surface area contributed by atoms with Gasteiger partial charge in [-0.3, -0.25) is 9.52 Å². The first-order valence-electron chi connectivity index (χ1n) is 9.31. The number of carbonyl (C=O) groups is 1. The van der Waals surface area contributed by atoms with Crippen LogP contribution in [0.2, 0.25) is 5.02 Å². The molecule has 0 aliphatic carbocycles. The van der Waals surface area contributed by atoms with Crippen molar-refractivity contribution in [2.45, 2.75) is 26.1 Å². The van der Waals surface area contributed by atoms with Gasteiger partial charge in [0.05, 0.1) is 35.3 Å². The number of hydrogen-bond donors (Lipinski definition) is 3. The zero-order valence-corrected chi connectivity index (χ0v) is 19.2. The van der Waals surface area contributed by atoms with Gasteiger partial charge in [0.25, 0.3) is 0 Å². The molecular weight excluding hydrogens is 471 g/mol. The summed E-state index contributed by atoms with van der Waals surface area (Å²) in [6, 6.07) is 6.36. The molecule has 0 saturated heterocycles. The molecule has 2 aromatic carbocycles. The summed E-state index contributed by atoms with van der Waals surface area (Å²) in [7, 11) is -2.18. The Kier molecular flexibility index (Phi) is 7.89. The SMILES string of the molecule is COc1cc(NC(=O)[C@@H](Nc2ccc(C(F)(F)F)cc2Cl)C(C)C)ccc1NS(C)(=O)=O. The van der Waals surface area contributed by atoms with Crippen LogP contribution in [0.3, 0.4) is 0 Å². The minimum Gasteiger partial charge on any atom is -0.494 e. The van der Waals surface area contributed by atoms with Gasteiger partial charge in [-0.1, -0.05) is 25.4 Å². The monoisotopic (exact) mass is 493 g/mol. The van der Waals surface area contributed by atoms with Crippen molar-refractivity contribution in [3.05, 3.63) is 47.0 Å². The second kappa shape index (κ2) is 9.86. The highest BCUT2D eigenvalue weighted by Gasteiger charge is 2.31. The highest BCUT2D eigenvalue weighted by atomic mass is 35.5. The van der Waals surface area contributed by atoms with Gasteiger partial charge in [0, 0.05) is 11.8 Å². The Bertz CT molecular complexity index is 1090. The van der Waals surface area contributed by atoms with E-state index in [1.54, 1.807) is 13.8 Å². The van der Waals surface area contributed by atoms with E-state index in [1.165, 1.54) is 31.4 Å². The Morgan fingerprint density at radius 3 is 2.22 bits per heavy atom. The normalized spacial score (nSPS) is 12.9. The average Bonchev–Trinajstić information content (AvgIpc) is 2.65. The minimum absolute atomic E-state index is 0.170. The molecule has 32 heavy (non-hydrogen) atoms. The lowest BCUT2D eigenvalue weighted by molar-refractivity contribution is -0.137. The van der Waals surface area contributed by atoms with E-state index in [2.05, 4.69) is 15.4 Å². The summed E-state index contributed by atoms with van der Waals surface area (Å²) in [4.78, 5) is 12.9. The quantitative estimate of drug-likeness (QED) is 0.490. The van der Waals surface area contributed by atoms with Crippen molar-refractivity contribution in [3.63, 3.8) is 0 Å². The number of anilines is 3. The molecular formula is C20H23ClF3N3O4S. The molecule has 12 heteroatoms. The molecule has 0 aliphatic heterocycles. The summed E-state index contributed by atoms with van der Waals surface area (Å²) in [6.45, 7) is 3.52.